The summed E-state index contributed by atoms with van der Waals surface area (Å²) in [6.45, 7) is 0. The van der Waals surface area contributed by atoms with Crippen LogP contribution in [0, 0.1) is 0 Å². The number of carbonyl (C=O) groups is 2. The molecule has 0 saturated heterocycles. The fourth-order valence-corrected chi connectivity index (χ4v) is 2.87. The van der Waals surface area contributed by atoms with Crippen LogP contribution in [0.2, 0.25) is 0 Å². The van der Waals surface area contributed by atoms with Gasteiger partial charge in [0.15, 0.2) is 11.6 Å². The maximum absolute atomic E-state index is 12.0. The predicted octanol–water partition coefficient (Wildman–Crippen LogP) is 4.16. The van der Waals surface area contributed by atoms with Gasteiger partial charge in [-0.1, -0.05) is 0 Å². The van der Waals surface area contributed by atoms with Gasteiger partial charge in [0.1, 0.15) is 0 Å². The van der Waals surface area contributed by atoms with E-state index in [0.29, 0.717) is 45.0 Å². The molecule has 0 amide bonds. The fourth-order valence-electron chi connectivity index (χ4n) is 2.87. The standard InChI is InChI=1S/2C13H12N2O/c2*14-11-5-1-9(2-6-11)13(16)10-3-7-12(15)8-4-10/h2*1-8H,14-15H2. The van der Waals surface area contributed by atoms with Crippen molar-refractivity contribution in [1.82, 2.24) is 0 Å². The van der Waals surface area contributed by atoms with E-state index in [-0.39, 0.29) is 11.6 Å². The Hall–Kier alpha value is -4.58. The summed E-state index contributed by atoms with van der Waals surface area (Å²) in [5.74, 6) is -0.0556. The van der Waals surface area contributed by atoms with Gasteiger partial charge < -0.3 is 22.9 Å². The molecule has 0 spiro atoms. The summed E-state index contributed by atoms with van der Waals surface area (Å²) in [6, 6.07) is 27.4. The van der Waals surface area contributed by atoms with Crippen molar-refractivity contribution in [3.8, 4) is 0 Å². The van der Waals surface area contributed by atoms with E-state index in [4.69, 9.17) is 22.9 Å². The zero-order valence-electron chi connectivity index (χ0n) is 17.4. The number of hydrogen-bond acceptors (Lipinski definition) is 6. The second-order valence-corrected chi connectivity index (χ2v) is 7.15. The molecule has 6 nitrogen and oxygen atoms in total. The minimum absolute atomic E-state index is 0.0278. The van der Waals surface area contributed by atoms with Gasteiger partial charge in [0, 0.05) is 45.0 Å². The highest BCUT2D eigenvalue weighted by atomic mass is 16.1. The summed E-state index contributed by atoms with van der Waals surface area (Å²) in [6.07, 6.45) is 0. The lowest BCUT2D eigenvalue weighted by Crippen LogP contribution is -2.01. The molecule has 4 aromatic rings. The summed E-state index contributed by atoms with van der Waals surface area (Å²) in [5, 5.41) is 0. The van der Waals surface area contributed by atoms with E-state index in [0.717, 1.165) is 0 Å². The Labute approximate surface area is 186 Å². The highest BCUT2D eigenvalue weighted by Crippen LogP contribution is 2.14. The first-order valence-electron chi connectivity index (χ1n) is 9.85. The molecule has 0 heterocycles. The summed E-state index contributed by atoms with van der Waals surface area (Å²) in [4.78, 5) is 24.0. The van der Waals surface area contributed by atoms with Gasteiger partial charge in [0.2, 0.25) is 0 Å². The molecule has 4 aromatic carbocycles. The Morgan fingerprint density at radius 1 is 0.344 bits per heavy atom. The first-order valence-corrected chi connectivity index (χ1v) is 9.85. The van der Waals surface area contributed by atoms with E-state index in [1.54, 1.807) is 97.1 Å². The first-order chi connectivity index (χ1) is 15.3. The smallest absolute Gasteiger partial charge is 0.193 e. The molecule has 0 saturated carbocycles. The number of benzene rings is 4. The predicted molar refractivity (Wildman–Crippen MR) is 130 cm³/mol. The van der Waals surface area contributed by atoms with Crippen LogP contribution in [0.5, 0.6) is 0 Å². The number of ketones is 2. The van der Waals surface area contributed by atoms with Gasteiger partial charge >= 0.3 is 0 Å². The molecule has 0 atom stereocenters. The third-order valence-electron chi connectivity index (χ3n) is 4.69. The minimum Gasteiger partial charge on any atom is -0.399 e. The summed E-state index contributed by atoms with van der Waals surface area (Å²) in [7, 11) is 0. The maximum atomic E-state index is 12.0. The fraction of sp³-hybridized carbons (Fsp3) is 0. The zero-order valence-corrected chi connectivity index (χ0v) is 17.4. The average molecular weight is 425 g/mol. The van der Waals surface area contributed by atoms with Crippen LogP contribution in [0.1, 0.15) is 31.8 Å². The summed E-state index contributed by atoms with van der Waals surface area (Å²) < 4.78 is 0. The van der Waals surface area contributed by atoms with Crippen LogP contribution in [0.15, 0.2) is 97.1 Å². The summed E-state index contributed by atoms with van der Waals surface area (Å²) in [5.41, 5.74) is 27.3. The highest BCUT2D eigenvalue weighted by Gasteiger charge is 2.08. The van der Waals surface area contributed by atoms with Crippen LogP contribution < -0.4 is 22.9 Å². The molecule has 8 N–H and O–H groups in total. The molecular weight excluding hydrogens is 400 g/mol. The van der Waals surface area contributed by atoms with E-state index in [2.05, 4.69) is 0 Å². The van der Waals surface area contributed by atoms with Gasteiger partial charge in [-0.3, -0.25) is 9.59 Å². The van der Waals surface area contributed by atoms with Gasteiger partial charge in [0.05, 0.1) is 0 Å². The van der Waals surface area contributed by atoms with Crippen LogP contribution in [0.4, 0.5) is 22.7 Å². The molecule has 32 heavy (non-hydrogen) atoms. The SMILES string of the molecule is Nc1ccc(C(=O)c2ccc(N)cc2)cc1.Nc1ccc(C(=O)c2ccc(N)cc2)cc1. The van der Waals surface area contributed by atoms with Crippen LogP contribution in [-0.4, -0.2) is 11.6 Å². The van der Waals surface area contributed by atoms with E-state index in [9.17, 15) is 9.59 Å². The van der Waals surface area contributed by atoms with Crippen molar-refractivity contribution in [2.24, 2.45) is 0 Å². The van der Waals surface area contributed by atoms with Crippen LogP contribution in [0.25, 0.3) is 0 Å². The number of nitrogens with two attached hydrogens (primary N) is 4. The van der Waals surface area contributed by atoms with Crippen molar-refractivity contribution in [2.45, 2.75) is 0 Å². The molecule has 0 aliphatic rings. The molecule has 6 heteroatoms. The Bertz CT molecular complexity index is 1000. The molecule has 0 aliphatic carbocycles. The van der Waals surface area contributed by atoms with Crippen LogP contribution in [0.3, 0.4) is 0 Å². The molecule has 0 unspecified atom stereocenters. The normalized spacial score (nSPS) is 10.0. The Morgan fingerprint density at radius 3 is 0.656 bits per heavy atom. The number of hydrogen-bond donors (Lipinski definition) is 4. The molecule has 0 aliphatic heterocycles. The quantitative estimate of drug-likeness (QED) is 0.287. The van der Waals surface area contributed by atoms with E-state index < -0.39 is 0 Å². The van der Waals surface area contributed by atoms with E-state index in [1.807, 2.05) is 0 Å². The molecule has 0 bridgehead atoms. The van der Waals surface area contributed by atoms with Crippen molar-refractivity contribution in [3.05, 3.63) is 119 Å². The van der Waals surface area contributed by atoms with Crippen molar-refractivity contribution in [3.63, 3.8) is 0 Å². The molecule has 4 rings (SSSR count). The Kier molecular flexibility index (Phi) is 6.88. The van der Waals surface area contributed by atoms with Crippen LogP contribution in [-0.2, 0) is 0 Å². The number of carbonyl (C=O) groups excluding carboxylic acids is 2. The monoisotopic (exact) mass is 424 g/mol. The van der Waals surface area contributed by atoms with Crippen LogP contribution >= 0.6 is 0 Å². The number of nitrogen functional groups attached to an aromatic ring is 4. The van der Waals surface area contributed by atoms with E-state index in [1.165, 1.54) is 0 Å². The van der Waals surface area contributed by atoms with Crippen molar-refractivity contribution < 1.29 is 9.59 Å². The van der Waals surface area contributed by atoms with Gasteiger partial charge in [-0.25, -0.2) is 0 Å². The topological polar surface area (TPSA) is 138 Å². The largest absolute Gasteiger partial charge is 0.399 e. The van der Waals surface area contributed by atoms with Gasteiger partial charge in [-0.2, -0.15) is 0 Å². The van der Waals surface area contributed by atoms with Crippen molar-refractivity contribution in [2.75, 3.05) is 22.9 Å². The lowest BCUT2D eigenvalue weighted by atomic mass is 10.0. The molecule has 160 valence electrons. The minimum atomic E-state index is -0.0278. The maximum Gasteiger partial charge on any atom is 0.193 e. The van der Waals surface area contributed by atoms with Gasteiger partial charge in [0.25, 0.3) is 0 Å². The first kappa shape index (κ1) is 22.1. The summed E-state index contributed by atoms with van der Waals surface area (Å²) >= 11 is 0. The number of anilines is 4. The average Bonchev–Trinajstić information content (AvgIpc) is 2.81. The molecular formula is C26H24N4O2. The number of rotatable bonds is 4. The Morgan fingerprint density at radius 2 is 0.500 bits per heavy atom. The third kappa shape index (κ3) is 5.73. The highest BCUT2D eigenvalue weighted by molar-refractivity contribution is 6.09. The molecule has 0 aromatic heterocycles. The second kappa shape index (κ2) is 9.95. The van der Waals surface area contributed by atoms with Gasteiger partial charge in [-0.15, -0.1) is 0 Å². The third-order valence-corrected chi connectivity index (χ3v) is 4.69. The molecule has 0 fully saturated rings. The Balaban J connectivity index is 0.000000181. The van der Waals surface area contributed by atoms with Crippen molar-refractivity contribution >= 4 is 34.3 Å². The van der Waals surface area contributed by atoms with Gasteiger partial charge in [-0.05, 0) is 97.1 Å². The van der Waals surface area contributed by atoms with E-state index >= 15 is 0 Å². The van der Waals surface area contributed by atoms with Crippen molar-refractivity contribution in [1.29, 1.82) is 0 Å². The molecule has 0 radical (unpaired) electrons. The lowest BCUT2D eigenvalue weighted by molar-refractivity contribution is 0.103. The zero-order chi connectivity index (χ0) is 23.1. The lowest BCUT2D eigenvalue weighted by Gasteiger charge is -2.02. The second-order valence-electron chi connectivity index (χ2n) is 7.15.